The smallest absolute Gasteiger partial charge is 0.226 e. The van der Waals surface area contributed by atoms with Gasteiger partial charge < -0.3 is 10.2 Å². The van der Waals surface area contributed by atoms with Crippen LogP contribution in [0.4, 0.5) is 5.95 Å². The van der Waals surface area contributed by atoms with Gasteiger partial charge in [-0.15, -0.1) is 6.58 Å². The molecular formula is C16H28N4. The topological polar surface area (TPSA) is 41.1 Å². The third-order valence-corrected chi connectivity index (χ3v) is 3.17. The third-order valence-electron chi connectivity index (χ3n) is 3.17. The molecule has 0 bridgehead atoms. The van der Waals surface area contributed by atoms with Crippen LogP contribution < -0.4 is 10.2 Å². The molecule has 0 aromatic carbocycles. The molecule has 0 amide bonds. The van der Waals surface area contributed by atoms with Gasteiger partial charge in [0.25, 0.3) is 0 Å². The standard InChI is InChI=1S/C16H28N4/c1-7-9-17-11-14-12-18-15(19-13(14)3)20(10-8-2)16(4,5)6/h8,12,17H,2,7,9-11H2,1,3-6H3. The highest BCUT2D eigenvalue weighted by Gasteiger charge is 2.23. The molecular weight excluding hydrogens is 248 g/mol. The number of hydrogen-bond acceptors (Lipinski definition) is 4. The number of hydrogen-bond donors (Lipinski definition) is 1. The van der Waals surface area contributed by atoms with E-state index in [0.29, 0.717) is 0 Å². The van der Waals surface area contributed by atoms with Crippen LogP contribution in [0.2, 0.25) is 0 Å². The maximum atomic E-state index is 4.66. The highest BCUT2D eigenvalue weighted by atomic mass is 15.3. The molecule has 20 heavy (non-hydrogen) atoms. The largest absolute Gasteiger partial charge is 0.332 e. The average molecular weight is 276 g/mol. The van der Waals surface area contributed by atoms with E-state index in [0.717, 1.165) is 43.3 Å². The molecule has 0 aliphatic carbocycles. The molecule has 1 heterocycles. The predicted molar refractivity (Wildman–Crippen MR) is 86.1 cm³/mol. The van der Waals surface area contributed by atoms with E-state index in [1.165, 1.54) is 0 Å². The molecule has 0 aliphatic rings. The molecule has 0 atom stereocenters. The first-order chi connectivity index (χ1) is 9.40. The van der Waals surface area contributed by atoms with Crippen LogP contribution in [0.15, 0.2) is 18.9 Å². The summed E-state index contributed by atoms with van der Waals surface area (Å²) < 4.78 is 0. The molecule has 4 nitrogen and oxygen atoms in total. The molecule has 4 heteroatoms. The van der Waals surface area contributed by atoms with Crippen LogP contribution in [0.5, 0.6) is 0 Å². The van der Waals surface area contributed by atoms with Gasteiger partial charge in [-0.05, 0) is 40.7 Å². The SMILES string of the molecule is C=CCN(c1ncc(CNCCC)c(C)n1)C(C)(C)C. The number of nitrogens with one attached hydrogen (secondary N) is 1. The Morgan fingerprint density at radius 1 is 1.40 bits per heavy atom. The lowest BCUT2D eigenvalue weighted by Crippen LogP contribution is -2.42. The summed E-state index contributed by atoms with van der Waals surface area (Å²) >= 11 is 0. The summed E-state index contributed by atoms with van der Waals surface area (Å²) in [7, 11) is 0. The first kappa shape index (κ1) is 16.6. The van der Waals surface area contributed by atoms with Crippen molar-refractivity contribution in [2.24, 2.45) is 0 Å². The van der Waals surface area contributed by atoms with Gasteiger partial charge in [0, 0.05) is 36.1 Å². The number of aryl methyl sites for hydroxylation is 1. The van der Waals surface area contributed by atoms with Crippen molar-refractivity contribution in [1.82, 2.24) is 15.3 Å². The normalized spacial score (nSPS) is 11.4. The quantitative estimate of drug-likeness (QED) is 0.614. The lowest BCUT2D eigenvalue weighted by molar-refractivity contribution is 0.510. The molecule has 112 valence electrons. The van der Waals surface area contributed by atoms with Gasteiger partial charge in [-0.3, -0.25) is 0 Å². The van der Waals surface area contributed by atoms with Crippen molar-refractivity contribution in [2.45, 2.75) is 53.1 Å². The van der Waals surface area contributed by atoms with Gasteiger partial charge in [-0.25, -0.2) is 9.97 Å². The van der Waals surface area contributed by atoms with Crippen LogP contribution in [0.1, 0.15) is 45.4 Å². The Morgan fingerprint density at radius 3 is 2.60 bits per heavy atom. The van der Waals surface area contributed by atoms with Crippen molar-refractivity contribution in [3.63, 3.8) is 0 Å². The Bertz CT molecular complexity index is 435. The van der Waals surface area contributed by atoms with Gasteiger partial charge in [0.05, 0.1) is 0 Å². The van der Waals surface area contributed by atoms with Crippen molar-refractivity contribution < 1.29 is 0 Å². The van der Waals surface area contributed by atoms with E-state index in [9.17, 15) is 0 Å². The number of aromatic nitrogens is 2. The molecule has 0 radical (unpaired) electrons. The number of nitrogens with zero attached hydrogens (tertiary/aromatic N) is 3. The van der Waals surface area contributed by atoms with Gasteiger partial charge in [0.2, 0.25) is 5.95 Å². The summed E-state index contributed by atoms with van der Waals surface area (Å²) in [5.41, 5.74) is 2.18. The average Bonchev–Trinajstić information content (AvgIpc) is 2.37. The van der Waals surface area contributed by atoms with Gasteiger partial charge in [-0.2, -0.15) is 0 Å². The summed E-state index contributed by atoms with van der Waals surface area (Å²) in [5.74, 6) is 0.772. The first-order valence-corrected chi connectivity index (χ1v) is 7.32. The van der Waals surface area contributed by atoms with Crippen LogP contribution in [-0.2, 0) is 6.54 Å². The fourth-order valence-electron chi connectivity index (χ4n) is 1.97. The van der Waals surface area contributed by atoms with E-state index in [2.05, 4.69) is 54.5 Å². The Morgan fingerprint density at radius 2 is 2.10 bits per heavy atom. The highest BCUT2D eigenvalue weighted by molar-refractivity contribution is 5.37. The van der Waals surface area contributed by atoms with Crippen LogP contribution in [0, 0.1) is 6.92 Å². The van der Waals surface area contributed by atoms with Crippen molar-refractivity contribution >= 4 is 5.95 Å². The Labute approximate surface area is 123 Å². The molecule has 0 saturated heterocycles. The minimum absolute atomic E-state index is 0.0252. The molecule has 0 aliphatic heterocycles. The van der Waals surface area contributed by atoms with E-state index in [-0.39, 0.29) is 5.54 Å². The second-order valence-electron chi connectivity index (χ2n) is 6.03. The molecule has 1 N–H and O–H groups in total. The molecule has 1 rings (SSSR count). The maximum Gasteiger partial charge on any atom is 0.226 e. The Balaban J connectivity index is 2.91. The van der Waals surface area contributed by atoms with Crippen molar-refractivity contribution in [1.29, 1.82) is 0 Å². The van der Waals surface area contributed by atoms with E-state index < -0.39 is 0 Å². The lowest BCUT2D eigenvalue weighted by Gasteiger charge is -2.35. The van der Waals surface area contributed by atoms with E-state index in [4.69, 9.17) is 0 Å². The van der Waals surface area contributed by atoms with Crippen molar-refractivity contribution in [3.8, 4) is 0 Å². The zero-order valence-electron chi connectivity index (χ0n) is 13.5. The first-order valence-electron chi connectivity index (χ1n) is 7.32. The summed E-state index contributed by atoms with van der Waals surface area (Å²) in [4.78, 5) is 11.4. The zero-order chi connectivity index (χ0) is 15.2. The second kappa shape index (κ2) is 7.39. The molecule has 0 spiro atoms. The maximum absolute atomic E-state index is 4.66. The fourth-order valence-corrected chi connectivity index (χ4v) is 1.97. The van der Waals surface area contributed by atoms with Crippen molar-refractivity contribution in [3.05, 3.63) is 30.1 Å². The molecule has 0 fully saturated rings. The van der Waals surface area contributed by atoms with E-state index in [1.807, 2.05) is 19.2 Å². The zero-order valence-corrected chi connectivity index (χ0v) is 13.5. The Hall–Kier alpha value is -1.42. The van der Waals surface area contributed by atoms with Crippen LogP contribution in [0.3, 0.4) is 0 Å². The highest BCUT2D eigenvalue weighted by Crippen LogP contribution is 2.20. The van der Waals surface area contributed by atoms with Crippen molar-refractivity contribution in [2.75, 3.05) is 18.0 Å². The fraction of sp³-hybridized carbons (Fsp3) is 0.625. The number of anilines is 1. The molecule has 0 unspecified atom stereocenters. The molecule has 1 aromatic rings. The molecule has 0 saturated carbocycles. The Kier molecular flexibility index (Phi) is 6.14. The van der Waals surface area contributed by atoms with Gasteiger partial charge >= 0.3 is 0 Å². The monoisotopic (exact) mass is 276 g/mol. The van der Waals surface area contributed by atoms with Crippen LogP contribution in [-0.4, -0.2) is 28.6 Å². The molecule has 1 aromatic heterocycles. The van der Waals surface area contributed by atoms with Gasteiger partial charge in [0.15, 0.2) is 0 Å². The minimum Gasteiger partial charge on any atom is -0.332 e. The summed E-state index contributed by atoms with van der Waals surface area (Å²) in [6.07, 6.45) is 4.96. The van der Waals surface area contributed by atoms with Crippen LogP contribution >= 0.6 is 0 Å². The second-order valence-corrected chi connectivity index (χ2v) is 6.03. The minimum atomic E-state index is -0.0252. The lowest BCUT2D eigenvalue weighted by atomic mass is 10.1. The number of rotatable bonds is 7. The summed E-state index contributed by atoms with van der Waals surface area (Å²) in [5, 5.41) is 3.39. The summed E-state index contributed by atoms with van der Waals surface area (Å²) in [6, 6.07) is 0. The third kappa shape index (κ3) is 4.60. The van der Waals surface area contributed by atoms with Crippen LogP contribution in [0.25, 0.3) is 0 Å². The summed E-state index contributed by atoms with van der Waals surface area (Å²) in [6.45, 7) is 17.1. The predicted octanol–water partition coefficient (Wildman–Crippen LogP) is 3.08. The van der Waals surface area contributed by atoms with E-state index in [1.54, 1.807) is 0 Å². The van der Waals surface area contributed by atoms with Gasteiger partial charge in [0.1, 0.15) is 0 Å². The van der Waals surface area contributed by atoms with E-state index >= 15 is 0 Å². The van der Waals surface area contributed by atoms with Gasteiger partial charge in [-0.1, -0.05) is 13.0 Å².